The molecule has 0 aliphatic heterocycles. The molecule has 1 aromatic carbocycles. The van der Waals surface area contributed by atoms with Gasteiger partial charge in [0.05, 0.1) is 0 Å². The molecule has 0 unspecified atom stereocenters. The minimum absolute atomic E-state index is 0.145. The summed E-state index contributed by atoms with van der Waals surface area (Å²) < 4.78 is 5.23. The zero-order valence-electron chi connectivity index (χ0n) is 10.0. The summed E-state index contributed by atoms with van der Waals surface area (Å²) in [5.41, 5.74) is 0.145. The topological polar surface area (TPSA) is 9.23 Å². The van der Waals surface area contributed by atoms with E-state index in [0.717, 1.165) is 16.9 Å². The van der Waals surface area contributed by atoms with Gasteiger partial charge in [-0.15, -0.1) is 0 Å². The molecular weight excluding hydrogens is 204 g/mol. The summed E-state index contributed by atoms with van der Waals surface area (Å²) in [5, 5.41) is 1.46. The Labute approximate surface area is 93.8 Å². The first kappa shape index (κ1) is 13.6. The molecule has 0 atom stereocenters. The average molecular weight is 226 g/mol. The molecule has 0 aromatic heterocycles. The molecule has 80 valence electrons. The molecule has 0 aliphatic rings. The van der Waals surface area contributed by atoms with Crippen LogP contribution >= 0.6 is 0 Å². The highest BCUT2D eigenvalue weighted by Gasteiger charge is 2.09. The Bertz CT molecular complexity index is 228. The Morgan fingerprint density at radius 2 is 1.71 bits per heavy atom. The van der Waals surface area contributed by atoms with Crippen LogP contribution in [0.4, 0.5) is 0 Å². The number of rotatable bonds is 2. The molecule has 0 heterocycles. The summed E-state index contributed by atoms with van der Waals surface area (Å²) >= 11 is 0. The SMILES string of the molecule is CCC(C)(C)O[SiH3].[SiH3]c1ccccc1. The lowest BCUT2D eigenvalue weighted by atomic mass is 10.1. The Kier molecular flexibility index (Phi) is 6.79. The van der Waals surface area contributed by atoms with Gasteiger partial charge in [0.1, 0.15) is 10.5 Å². The van der Waals surface area contributed by atoms with Gasteiger partial charge in [0.25, 0.3) is 0 Å². The highest BCUT2D eigenvalue weighted by Crippen LogP contribution is 2.09. The van der Waals surface area contributed by atoms with Crippen LogP contribution in [0.25, 0.3) is 0 Å². The highest BCUT2D eigenvalue weighted by molar-refractivity contribution is 6.32. The van der Waals surface area contributed by atoms with E-state index in [1.807, 2.05) is 6.07 Å². The maximum atomic E-state index is 5.23. The van der Waals surface area contributed by atoms with Crippen molar-refractivity contribution in [2.75, 3.05) is 0 Å². The number of hydrogen-bond donors (Lipinski definition) is 0. The molecule has 0 saturated carbocycles. The quantitative estimate of drug-likeness (QED) is 0.653. The molecule has 0 bridgehead atoms. The summed E-state index contributed by atoms with van der Waals surface area (Å²) in [4.78, 5) is 0. The van der Waals surface area contributed by atoms with Crippen molar-refractivity contribution in [3.8, 4) is 0 Å². The van der Waals surface area contributed by atoms with Crippen molar-refractivity contribution in [3.63, 3.8) is 0 Å². The molecule has 1 rings (SSSR count). The van der Waals surface area contributed by atoms with Gasteiger partial charge >= 0.3 is 0 Å². The number of benzene rings is 1. The lowest BCUT2D eigenvalue weighted by Gasteiger charge is -2.20. The first-order chi connectivity index (χ1) is 6.52. The third-order valence-corrected chi connectivity index (χ3v) is 4.12. The molecule has 0 radical (unpaired) electrons. The van der Waals surface area contributed by atoms with Crippen LogP contribution in [-0.2, 0) is 4.43 Å². The van der Waals surface area contributed by atoms with Gasteiger partial charge in [-0.2, -0.15) is 0 Å². The fourth-order valence-electron chi connectivity index (χ4n) is 0.679. The molecule has 1 aromatic rings. The maximum absolute atomic E-state index is 5.23. The molecular formula is C11H22OSi2. The lowest BCUT2D eigenvalue weighted by molar-refractivity contribution is 0.119. The molecule has 0 N–H and O–H groups in total. The third kappa shape index (κ3) is 7.06. The number of hydrogen-bond acceptors (Lipinski definition) is 1. The molecule has 1 nitrogen and oxygen atoms in total. The Morgan fingerprint density at radius 3 is 1.86 bits per heavy atom. The maximum Gasteiger partial charge on any atom is 0.146 e. The summed E-state index contributed by atoms with van der Waals surface area (Å²) in [5.74, 6) is 0. The first-order valence-corrected chi connectivity index (χ1v) is 6.90. The fraction of sp³-hybridized carbons (Fsp3) is 0.455. The van der Waals surface area contributed by atoms with Gasteiger partial charge in [0.15, 0.2) is 0 Å². The highest BCUT2D eigenvalue weighted by atomic mass is 28.2. The Hall–Kier alpha value is -0.386. The van der Waals surface area contributed by atoms with Crippen molar-refractivity contribution in [3.05, 3.63) is 30.3 Å². The van der Waals surface area contributed by atoms with E-state index in [1.54, 1.807) is 0 Å². The van der Waals surface area contributed by atoms with Crippen molar-refractivity contribution in [1.82, 2.24) is 0 Å². The second-order valence-electron chi connectivity index (χ2n) is 3.97. The van der Waals surface area contributed by atoms with Crippen LogP contribution < -0.4 is 5.19 Å². The van der Waals surface area contributed by atoms with Crippen LogP contribution in [0.2, 0.25) is 0 Å². The van der Waals surface area contributed by atoms with Gasteiger partial charge in [-0.1, -0.05) is 42.4 Å². The largest absolute Gasteiger partial charge is 0.423 e. The molecule has 0 fully saturated rings. The molecule has 0 spiro atoms. The first-order valence-electron chi connectivity index (χ1n) is 5.08. The molecule has 3 heteroatoms. The van der Waals surface area contributed by atoms with Gasteiger partial charge < -0.3 is 4.43 Å². The molecule has 14 heavy (non-hydrogen) atoms. The zero-order valence-corrected chi connectivity index (χ0v) is 14.0. The van der Waals surface area contributed by atoms with Crippen molar-refractivity contribution in [2.24, 2.45) is 0 Å². The zero-order chi connectivity index (χ0) is 11.0. The minimum atomic E-state index is 0.145. The smallest absolute Gasteiger partial charge is 0.146 e. The minimum Gasteiger partial charge on any atom is -0.423 e. The molecule has 0 amide bonds. The second kappa shape index (κ2) is 6.98. The van der Waals surface area contributed by atoms with Crippen LogP contribution in [0.5, 0.6) is 0 Å². The summed E-state index contributed by atoms with van der Waals surface area (Å²) in [6.45, 7) is 6.36. The van der Waals surface area contributed by atoms with E-state index in [0.29, 0.717) is 0 Å². The third-order valence-electron chi connectivity index (χ3n) is 2.34. The van der Waals surface area contributed by atoms with Gasteiger partial charge in [-0.25, -0.2) is 0 Å². The monoisotopic (exact) mass is 226 g/mol. The standard InChI is InChI=1S/C6H8Si.C5H14OSi/c7-6-4-2-1-3-5-6;1-4-5(2,3)6-7/h1-5H,7H3;4H2,1-3,7H3. The predicted octanol–water partition coefficient (Wildman–Crippen LogP) is 0.149. The van der Waals surface area contributed by atoms with Crippen LogP contribution in [0.1, 0.15) is 27.2 Å². The molecule has 0 saturated heterocycles. The Morgan fingerprint density at radius 1 is 1.21 bits per heavy atom. The van der Waals surface area contributed by atoms with Gasteiger partial charge in [0, 0.05) is 15.8 Å². The van der Waals surface area contributed by atoms with E-state index in [4.69, 9.17) is 4.43 Å². The van der Waals surface area contributed by atoms with Crippen molar-refractivity contribution in [2.45, 2.75) is 32.8 Å². The van der Waals surface area contributed by atoms with Crippen LogP contribution in [-0.4, -0.2) is 26.3 Å². The average Bonchev–Trinajstić information content (AvgIpc) is 2.20. The van der Waals surface area contributed by atoms with Crippen molar-refractivity contribution in [1.29, 1.82) is 0 Å². The van der Waals surface area contributed by atoms with Gasteiger partial charge in [0.2, 0.25) is 0 Å². The summed E-state index contributed by atoms with van der Waals surface area (Å²) in [6, 6.07) is 10.5. The van der Waals surface area contributed by atoms with Crippen molar-refractivity contribution < 1.29 is 4.43 Å². The van der Waals surface area contributed by atoms with Gasteiger partial charge in [-0.3, -0.25) is 0 Å². The van der Waals surface area contributed by atoms with Gasteiger partial charge in [-0.05, 0) is 20.3 Å². The molecule has 0 aliphatic carbocycles. The van der Waals surface area contributed by atoms with Crippen LogP contribution in [0, 0.1) is 0 Å². The van der Waals surface area contributed by atoms with E-state index in [1.165, 1.54) is 15.4 Å². The van der Waals surface area contributed by atoms with Crippen LogP contribution in [0.3, 0.4) is 0 Å². The second-order valence-corrected chi connectivity index (χ2v) is 5.54. The predicted molar refractivity (Wildman–Crippen MR) is 71.4 cm³/mol. The van der Waals surface area contributed by atoms with E-state index < -0.39 is 0 Å². The van der Waals surface area contributed by atoms with Crippen LogP contribution in [0.15, 0.2) is 30.3 Å². The normalized spacial score (nSPS) is 10.8. The lowest BCUT2D eigenvalue weighted by Crippen LogP contribution is -2.20. The van der Waals surface area contributed by atoms with E-state index >= 15 is 0 Å². The van der Waals surface area contributed by atoms with E-state index in [9.17, 15) is 0 Å². The summed E-state index contributed by atoms with van der Waals surface area (Å²) in [7, 11) is 2.03. The van der Waals surface area contributed by atoms with E-state index in [2.05, 4.69) is 45.0 Å². The fourth-order valence-corrected chi connectivity index (χ4v) is 1.35. The Balaban J connectivity index is 0.000000241. The van der Waals surface area contributed by atoms with Crippen molar-refractivity contribution >= 4 is 25.9 Å². The van der Waals surface area contributed by atoms with E-state index in [-0.39, 0.29) is 5.60 Å². The summed E-state index contributed by atoms with van der Waals surface area (Å²) in [6.07, 6.45) is 1.11.